The van der Waals surface area contributed by atoms with E-state index in [9.17, 15) is 0 Å². The topological polar surface area (TPSA) is 18.5 Å². The van der Waals surface area contributed by atoms with E-state index in [1.165, 1.54) is 12.8 Å². The van der Waals surface area contributed by atoms with Crippen molar-refractivity contribution in [3.8, 4) is 0 Å². The third kappa shape index (κ3) is 4.33. The summed E-state index contributed by atoms with van der Waals surface area (Å²) in [4.78, 5) is 0. The van der Waals surface area contributed by atoms with Crippen molar-refractivity contribution >= 4 is 12.6 Å². The standard InChI is InChI=1S/C9H18O2S/c12-8-4-3-7-11-9-5-1-2-6-10-9/h9,12H,1-8H2. The molecule has 1 atom stereocenters. The minimum absolute atomic E-state index is 0.0821. The molecule has 1 aliphatic rings. The fourth-order valence-electron chi connectivity index (χ4n) is 1.27. The zero-order valence-corrected chi connectivity index (χ0v) is 8.39. The molecule has 2 nitrogen and oxygen atoms in total. The van der Waals surface area contributed by atoms with E-state index in [1.807, 2.05) is 0 Å². The van der Waals surface area contributed by atoms with Crippen LogP contribution in [0.2, 0.25) is 0 Å². The molecule has 0 N–H and O–H groups in total. The Hall–Kier alpha value is 0.270. The zero-order chi connectivity index (χ0) is 8.65. The van der Waals surface area contributed by atoms with Crippen LogP contribution in [0.15, 0.2) is 0 Å². The Morgan fingerprint density at radius 1 is 1.33 bits per heavy atom. The van der Waals surface area contributed by atoms with Crippen LogP contribution in [0.1, 0.15) is 32.1 Å². The fraction of sp³-hybridized carbons (Fsp3) is 1.00. The van der Waals surface area contributed by atoms with E-state index in [-0.39, 0.29) is 6.29 Å². The summed E-state index contributed by atoms with van der Waals surface area (Å²) in [5.74, 6) is 0.953. The highest BCUT2D eigenvalue weighted by Gasteiger charge is 2.12. The molecule has 1 fully saturated rings. The molecule has 72 valence electrons. The molecule has 12 heavy (non-hydrogen) atoms. The van der Waals surface area contributed by atoms with Gasteiger partial charge in [-0.1, -0.05) is 0 Å². The third-order valence-electron chi connectivity index (χ3n) is 1.99. The van der Waals surface area contributed by atoms with Crippen LogP contribution in [0, 0.1) is 0 Å². The van der Waals surface area contributed by atoms with Crippen LogP contribution < -0.4 is 0 Å². The van der Waals surface area contributed by atoms with Crippen LogP contribution in [0.5, 0.6) is 0 Å². The van der Waals surface area contributed by atoms with Gasteiger partial charge in [0.05, 0.1) is 0 Å². The van der Waals surface area contributed by atoms with E-state index >= 15 is 0 Å². The average molecular weight is 190 g/mol. The van der Waals surface area contributed by atoms with Gasteiger partial charge in [0.2, 0.25) is 0 Å². The lowest BCUT2D eigenvalue weighted by Gasteiger charge is -2.22. The monoisotopic (exact) mass is 190 g/mol. The van der Waals surface area contributed by atoms with E-state index in [4.69, 9.17) is 9.47 Å². The van der Waals surface area contributed by atoms with Gasteiger partial charge in [0, 0.05) is 13.2 Å². The van der Waals surface area contributed by atoms with Crippen molar-refractivity contribution in [1.29, 1.82) is 0 Å². The highest BCUT2D eigenvalue weighted by Crippen LogP contribution is 2.13. The summed E-state index contributed by atoms with van der Waals surface area (Å²) < 4.78 is 10.9. The SMILES string of the molecule is SCCCCOC1CCCCO1. The number of hydrogen-bond acceptors (Lipinski definition) is 3. The van der Waals surface area contributed by atoms with Crippen LogP contribution >= 0.6 is 12.6 Å². The molecule has 0 spiro atoms. The summed E-state index contributed by atoms with van der Waals surface area (Å²) in [6.07, 6.45) is 5.83. The van der Waals surface area contributed by atoms with Gasteiger partial charge in [-0.15, -0.1) is 0 Å². The van der Waals surface area contributed by atoms with Gasteiger partial charge < -0.3 is 9.47 Å². The minimum atomic E-state index is 0.0821. The Bertz CT molecular complexity index is 103. The van der Waals surface area contributed by atoms with E-state index in [0.29, 0.717) is 0 Å². The molecular weight excluding hydrogens is 172 g/mol. The van der Waals surface area contributed by atoms with Gasteiger partial charge in [0.1, 0.15) is 0 Å². The molecule has 0 saturated carbocycles. The molecule has 0 radical (unpaired) electrons. The molecule has 0 aromatic carbocycles. The summed E-state index contributed by atoms with van der Waals surface area (Å²) in [5.41, 5.74) is 0. The second-order valence-corrected chi connectivity index (χ2v) is 3.54. The van der Waals surface area contributed by atoms with Gasteiger partial charge in [0.25, 0.3) is 0 Å². The predicted molar refractivity (Wildman–Crippen MR) is 52.6 cm³/mol. The Morgan fingerprint density at radius 3 is 2.92 bits per heavy atom. The van der Waals surface area contributed by atoms with Crippen molar-refractivity contribution in [2.75, 3.05) is 19.0 Å². The minimum Gasteiger partial charge on any atom is -0.353 e. The second-order valence-electron chi connectivity index (χ2n) is 3.10. The van der Waals surface area contributed by atoms with Gasteiger partial charge in [-0.25, -0.2) is 0 Å². The molecule has 1 heterocycles. The number of rotatable bonds is 5. The lowest BCUT2D eigenvalue weighted by atomic mass is 10.2. The molecular formula is C9H18O2S. The molecule has 1 unspecified atom stereocenters. The Morgan fingerprint density at radius 2 is 2.25 bits per heavy atom. The van der Waals surface area contributed by atoms with Crippen LogP contribution in [0.3, 0.4) is 0 Å². The Kier molecular flexibility index (Phi) is 5.82. The van der Waals surface area contributed by atoms with Crippen molar-refractivity contribution in [2.45, 2.75) is 38.4 Å². The molecule has 0 aliphatic carbocycles. The smallest absolute Gasteiger partial charge is 0.157 e. The predicted octanol–water partition coefficient (Wildman–Crippen LogP) is 2.24. The molecule has 0 aromatic heterocycles. The lowest BCUT2D eigenvalue weighted by molar-refractivity contribution is -0.162. The maximum Gasteiger partial charge on any atom is 0.157 e. The highest BCUT2D eigenvalue weighted by molar-refractivity contribution is 7.80. The largest absolute Gasteiger partial charge is 0.353 e. The van der Waals surface area contributed by atoms with Gasteiger partial charge in [-0.05, 0) is 37.9 Å². The van der Waals surface area contributed by atoms with Crippen molar-refractivity contribution in [1.82, 2.24) is 0 Å². The zero-order valence-electron chi connectivity index (χ0n) is 7.50. The van der Waals surface area contributed by atoms with Crippen LogP contribution in [0.4, 0.5) is 0 Å². The molecule has 0 bridgehead atoms. The third-order valence-corrected chi connectivity index (χ3v) is 2.31. The van der Waals surface area contributed by atoms with E-state index in [0.717, 1.165) is 38.2 Å². The molecule has 1 saturated heterocycles. The van der Waals surface area contributed by atoms with Gasteiger partial charge in [0.15, 0.2) is 6.29 Å². The molecule has 0 amide bonds. The van der Waals surface area contributed by atoms with Crippen molar-refractivity contribution in [3.63, 3.8) is 0 Å². The van der Waals surface area contributed by atoms with Crippen LogP contribution in [0.25, 0.3) is 0 Å². The van der Waals surface area contributed by atoms with Gasteiger partial charge in [-0.2, -0.15) is 12.6 Å². The van der Waals surface area contributed by atoms with Crippen molar-refractivity contribution in [2.24, 2.45) is 0 Å². The summed E-state index contributed by atoms with van der Waals surface area (Å²) >= 11 is 4.13. The van der Waals surface area contributed by atoms with Crippen LogP contribution in [-0.4, -0.2) is 25.3 Å². The number of unbranched alkanes of at least 4 members (excludes halogenated alkanes) is 1. The average Bonchev–Trinajstić information content (AvgIpc) is 2.14. The number of ether oxygens (including phenoxy) is 2. The van der Waals surface area contributed by atoms with Crippen LogP contribution in [-0.2, 0) is 9.47 Å². The first-order valence-corrected chi connectivity index (χ1v) is 5.41. The summed E-state index contributed by atoms with van der Waals surface area (Å²) in [7, 11) is 0. The lowest BCUT2D eigenvalue weighted by Crippen LogP contribution is -2.22. The number of hydrogen-bond donors (Lipinski definition) is 1. The highest BCUT2D eigenvalue weighted by atomic mass is 32.1. The normalized spacial score (nSPS) is 24.2. The van der Waals surface area contributed by atoms with Crippen molar-refractivity contribution < 1.29 is 9.47 Å². The Labute approximate surface area is 80.0 Å². The van der Waals surface area contributed by atoms with Gasteiger partial charge >= 0.3 is 0 Å². The summed E-state index contributed by atoms with van der Waals surface area (Å²) in [6.45, 7) is 1.70. The summed E-state index contributed by atoms with van der Waals surface area (Å²) in [6, 6.07) is 0. The first-order valence-electron chi connectivity index (χ1n) is 4.77. The molecule has 1 rings (SSSR count). The maximum absolute atomic E-state index is 5.53. The quantitative estimate of drug-likeness (QED) is 0.529. The summed E-state index contributed by atoms with van der Waals surface area (Å²) in [5, 5.41) is 0. The second kappa shape index (κ2) is 6.75. The van der Waals surface area contributed by atoms with Crippen molar-refractivity contribution in [3.05, 3.63) is 0 Å². The molecule has 0 aromatic rings. The van der Waals surface area contributed by atoms with E-state index < -0.39 is 0 Å². The van der Waals surface area contributed by atoms with Gasteiger partial charge in [-0.3, -0.25) is 0 Å². The molecule has 3 heteroatoms. The first kappa shape index (κ1) is 10.4. The first-order chi connectivity index (χ1) is 5.93. The fourth-order valence-corrected chi connectivity index (χ4v) is 1.49. The van der Waals surface area contributed by atoms with E-state index in [1.54, 1.807) is 0 Å². The maximum atomic E-state index is 5.53. The number of thiol groups is 1. The Balaban J connectivity index is 1.91. The molecule has 1 aliphatic heterocycles. The van der Waals surface area contributed by atoms with E-state index in [2.05, 4.69) is 12.6 Å².